The van der Waals surface area contributed by atoms with Crippen molar-refractivity contribution in [2.45, 2.75) is 12.8 Å². The summed E-state index contributed by atoms with van der Waals surface area (Å²) in [5.41, 5.74) is 5.62. The topological polar surface area (TPSA) is 67.2 Å². The van der Waals surface area contributed by atoms with E-state index in [-0.39, 0.29) is 23.2 Å². The number of nitrogens with two attached hydrogens (primary N) is 1. The van der Waals surface area contributed by atoms with Crippen molar-refractivity contribution in [3.05, 3.63) is 23.8 Å². The lowest BCUT2D eigenvalue weighted by atomic mass is 10.2. The monoisotopic (exact) mass is 255 g/mol. The van der Waals surface area contributed by atoms with Gasteiger partial charge in [0.05, 0.1) is 11.4 Å². The maximum absolute atomic E-state index is 13.4. The summed E-state index contributed by atoms with van der Waals surface area (Å²) >= 11 is 0. The molecule has 0 unspecified atom stereocenters. The standard InChI is InChI=1S/C12H15F2N3O/c13-8-3-4-9(15)11(10(8)14)16-5-6-17-12(18)7-1-2-7/h3-4,7,16H,1-2,5-6,15H2,(H,17,18). The van der Waals surface area contributed by atoms with E-state index >= 15 is 0 Å². The van der Waals surface area contributed by atoms with Crippen LogP contribution in [0.5, 0.6) is 0 Å². The number of rotatable bonds is 5. The lowest BCUT2D eigenvalue weighted by Gasteiger charge is -2.11. The molecule has 1 saturated carbocycles. The summed E-state index contributed by atoms with van der Waals surface area (Å²) in [7, 11) is 0. The predicted molar refractivity (Wildman–Crippen MR) is 65.0 cm³/mol. The molecule has 1 fully saturated rings. The Bertz CT molecular complexity index is 461. The Kier molecular flexibility index (Phi) is 3.64. The average Bonchev–Trinajstić information content (AvgIpc) is 3.17. The molecule has 0 heterocycles. The van der Waals surface area contributed by atoms with Crippen molar-refractivity contribution in [2.75, 3.05) is 24.1 Å². The van der Waals surface area contributed by atoms with Crippen LogP contribution in [-0.4, -0.2) is 19.0 Å². The minimum atomic E-state index is -0.997. The smallest absolute Gasteiger partial charge is 0.223 e. The van der Waals surface area contributed by atoms with Crippen LogP contribution in [0.15, 0.2) is 12.1 Å². The molecule has 1 amide bonds. The molecule has 98 valence electrons. The largest absolute Gasteiger partial charge is 0.397 e. The van der Waals surface area contributed by atoms with Gasteiger partial charge in [-0.05, 0) is 25.0 Å². The number of benzene rings is 1. The van der Waals surface area contributed by atoms with Crippen LogP contribution in [0.2, 0.25) is 0 Å². The number of nitrogens with one attached hydrogen (secondary N) is 2. The quantitative estimate of drug-likeness (QED) is 0.551. The molecule has 2 rings (SSSR count). The van der Waals surface area contributed by atoms with Crippen molar-refractivity contribution in [3.8, 4) is 0 Å². The molecule has 6 heteroatoms. The molecule has 1 aromatic carbocycles. The molecule has 4 N–H and O–H groups in total. The van der Waals surface area contributed by atoms with Gasteiger partial charge in [0.1, 0.15) is 0 Å². The first kappa shape index (κ1) is 12.6. The molecule has 1 aliphatic carbocycles. The first-order chi connectivity index (χ1) is 8.59. The Hall–Kier alpha value is -1.85. The van der Waals surface area contributed by atoms with Gasteiger partial charge in [0.2, 0.25) is 5.91 Å². The van der Waals surface area contributed by atoms with Crippen molar-refractivity contribution in [1.82, 2.24) is 5.32 Å². The minimum Gasteiger partial charge on any atom is -0.397 e. The fraction of sp³-hybridized carbons (Fsp3) is 0.417. The van der Waals surface area contributed by atoms with Crippen molar-refractivity contribution in [2.24, 2.45) is 5.92 Å². The number of hydrogen-bond donors (Lipinski definition) is 3. The van der Waals surface area contributed by atoms with E-state index in [9.17, 15) is 13.6 Å². The summed E-state index contributed by atoms with van der Waals surface area (Å²) in [6.07, 6.45) is 1.87. The van der Waals surface area contributed by atoms with Crippen LogP contribution in [0.4, 0.5) is 20.2 Å². The summed E-state index contributed by atoms with van der Waals surface area (Å²) in [4.78, 5) is 11.3. The van der Waals surface area contributed by atoms with Crippen molar-refractivity contribution in [1.29, 1.82) is 0 Å². The summed E-state index contributed by atoms with van der Waals surface area (Å²) < 4.78 is 26.4. The van der Waals surface area contributed by atoms with Crippen LogP contribution in [0.1, 0.15) is 12.8 Å². The van der Waals surface area contributed by atoms with Crippen molar-refractivity contribution >= 4 is 17.3 Å². The highest BCUT2D eigenvalue weighted by atomic mass is 19.2. The second-order valence-electron chi connectivity index (χ2n) is 4.32. The molecule has 1 aliphatic rings. The van der Waals surface area contributed by atoms with E-state index in [0.29, 0.717) is 13.1 Å². The number of hydrogen-bond acceptors (Lipinski definition) is 3. The molecule has 0 bridgehead atoms. The third-order valence-corrected chi connectivity index (χ3v) is 2.80. The van der Waals surface area contributed by atoms with Crippen molar-refractivity contribution in [3.63, 3.8) is 0 Å². The van der Waals surface area contributed by atoms with Gasteiger partial charge in [0.25, 0.3) is 0 Å². The molecule has 18 heavy (non-hydrogen) atoms. The zero-order valence-electron chi connectivity index (χ0n) is 9.80. The van der Waals surface area contributed by atoms with E-state index in [2.05, 4.69) is 10.6 Å². The molecule has 0 radical (unpaired) electrons. The van der Waals surface area contributed by atoms with Gasteiger partial charge >= 0.3 is 0 Å². The SMILES string of the molecule is Nc1ccc(F)c(F)c1NCCNC(=O)C1CC1. The highest BCUT2D eigenvalue weighted by molar-refractivity contribution is 5.80. The Morgan fingerprint density at radius 2 is 2.06 bits per heavy atom. The van der Waals surface area contributed by atoms with E-state index in [1.807, 2.05) is 0 Å². The molecule has 1 aromatic rings. The van der Waals surface area contributed by atoms with E-state index in [1.54, 1.807) is 0 Å². The van der Waals surface area contributed by atoms with Crippen molar-refractivity contribution < 1.29 is 13.6 Å². The van der Waals surface area contributed by atoms with Gasteiger partial charge in [-0.1, -0.05) is 0 Å². The molecule has 4 nitrogen and oxygen atoms in total. The van der Waals surface area contributed by atoms with Gasteiger partial charge < -0.3 is 16.4 Å². The van der Waals surface area contributed by atoms with E-state index < -0.39 is 11.6 Å². The fourth-order valence-corrected chi connectivity index (χ4v) is 1.61. The van der Waals surface area contributed by atoms with Crippen LogP contribution in [0.25, 0.3) is 0 Å². The summed E-state index contributed by atoms with van der Waals surface area (Å²) in [6.45, 7) is 0.647. The lowest BCUT2D eigenvalue weighted by Crippen LogP contribution is -2.30. The van der Waals surface area contributed by atoms with Crippen LogP contribution < -0.4 is 16.4 Å². The number of amides is 1. The highest BCUT2D eigenvalue weighted by Gasteiger charge is 2.28. The second-order valence-corrected chi connectivity index (χ2v) is 4.32. The Morgan fingerprint density at radius 1 is 1.33 bits per heavy atom. The number of nitrogen functional groups attached to an aromatic ring is 1. The number of carbonyl (C=O) groups is 1. The molecule has 0 saturated heterocycles. The van der Waals surface area contributed by atoms with Crippen LogP contribution in [-0.2, 0) is 4.79 Å². The van der Waals surface area contributed by atoms with Crippen LogP contribution in [0, 0.1) is 17.6 Å². The van der Waals surface area contributed by atoms with Gasteiger partial charge in [-0.3, -0.25) is 4.79 Å². The minimum absolute atomic E-state index is 0.0180. The van der Waals surface area contributed by atoms with Gasteiger partial charge in [-0.2, -0.15) is 0 Å². The zero-order valence-corrected chi connectivity index (χ0v) is 9.80. The van der Waals surface area contributed by atoms with Gasteiger partial charge in [0, 0.05) is 19.0 Å². The maximum Gasteiger partial charge on any atom is 0.223 e. The van der Waals surface area contributed by atoms with Gasteiger partial charge in [-0.15, -0.1) is 0 Å². The van der Waals surface area contributed by atoms with E-state index in [4.69, 9.17) is 5.73 Å². The van der Waals surface area contributed by atoms with Crippen LogP contribution in [0.3, 0.4) is 0 Å². The number of halogens is 2. The summed E-state index contributed by atoms with van der Waals surface area (Å²) in [6, 6.07) is 2.27. The third-order valence-electron chi connectivity index (χ3n) is 2.80. The predicted octanol–water partition coefficient (Wildman–Crippen LogP) is 1.49. The van der Waals surface area contributed by atoms with Gasteiger partial charge in [-0.25, -0.2) is 8.78 Å². The first-order valence-electron chi connectivity index (χ1n) is 5.84. The number of carbonyl (C=O) groups excluding carboxylic acids is 1. The lowest BCUT2D eigenvalue weighted by molar-refractivity contribution is -0.122. The number of anilines is 2. The second kappa shape index (κ2) is 5.20. The maximum atomic E-state index is 13.4. The fourth-order valence-electron chi connectivity index (χ4n) is 1.61. The Balaban J connectivity index is 1.82. The Labute approximate surface area is 104 Å². The Morgan fingerprint density at radius 3 is 2.72 bits per heavy atom. The zero-order chi connectivity index (χ0) is 13.1. The molecule has 0 spiro atoms. The average molecular weight is 255 g/mol. The summed E-state index contributed by atoms with van der Waals surface area (Å²) in [5, 5.41) is 5.39. The van der Waals surface area contributed by atoms with Gasteiger partial charge in [0.15, 0.2) is 11.6 Å². The molecule has 0 aliphatic heterocycles. The normalized spacial score (nSPS) is 14.3. The first-order valence-corrected chi connectivity index (χ1v) is 5.84. The third kappa shape index (κ3) is 2.88. The molecule has 0 aromatic heterocycles. The molecular formula is C12H15F2N3O. The molecule has 0 atom stereocenters. The van der Waals surface area contributed by atoms with E-state index in [1.165, 1.54) is 6.07 Å². The molecular weight excluding hydrogens is 240 g/mol. The van der Waals surface area contributed by atoms with E-state index in [0.717, 1.165) is 18.9 Å². The summed E-state index contributed by atoms with van der Waals surface area (Å²) in [5.74, 6) is -1.79. The highest BCUT2D eigenvalue weighted by Crippen LogP contribution is 2.28. The van der Waals surface area contributed by atoms with Crippen LogP contribution >= 0.6 is 0 Å².